The third kappa shape index (κ3) is 10.1. The van der Waals surface area contributed by atoms with Gasteiger partial charge in [0, 0.05) is 30.6 Å². The Morgan fingerprint density at radius 1 is 1.00 bits per heavy atom. The molecule has 10 nitrogen and oxygen atoms in total. The molecule has 51 heavy (non-hydrogen) atoms. The summed E-state index contributed by atoms with van der Waals surface area (Å²) in [7, 11) is -4.04. The van der Waals surface area contributed by atoms with Gasteiger partial charge < -0.3 is 20.1 Å². The van der Waals surface area contributed by atoms with E-state index in [-0.39, 0.29) is 34.4 Å². The van der Waals surface area contributed by atoms with Crippen molar-refractivity contribution in [1.29, 1.82) is 0 Å². The number of hydrogen-bond donors (Lipinski definition) is 3. The molecule has 0 aromatic heterocycles. The van der Waals surface area contributed by atoms with Crippen LogP contribution in [0.2, 0.25) is 0 Å². The predicted molar refractivity (Wildman–Crippen MR) is 202 cm³/mol. The molecule has 0 aliphatic carbocycles. The highest BCUT2D eigenvalue weighted by Gasteiger charge is 2.42. The number of Topliss-reactive ketones (excluding diaryl/α,β-unsaturated/α-hetero) is 2. The Morgan fingerprint density at radius 3 is 2.22 bits per heavy atom. The Morgan fingerprint density at radius 2 is 1.65 bits per heavy atom. The van der Waals surface area contributed by atoms with Gasteiger partial charge in [-0.05, 0) is 68.3 Å². The lowest BCUT2D eigenvalue weighted by atomic mass is 9.87. The second-order valence-electron chi connectivity index (χ2n) is 13.3. The summed E-state index contributed by atoms with van der Waals surface area (Å²) in [4.78, 5) is 41.7. The molecule has 4 rings (SSSR count). The van der Waals surface area contributed by atoms with Gasteiger partial charge in [0.05, 0.1) is 16.1 Å². The molecule has 1 unspecified atom stereocenters. The molecule has 1 amide bonds. The molecule has 12 heteroatoms. The number of ketones is 2. The topological polar surface area (TPSA) is 142 Å². The standard InChI is InChI=1S/C39H51N3O7S2/c1-6-9-20-39(21-10-7-2)26-42(30-14-12-11-13-15-30)32-23-35(50-5)34(24-36(32)51(47,48)41-39)49-25-37(46)40-38(29-16-18-31(44)19-17-29)33(45)22-28(8-3)27(4)43/h11-19,23-24,28,38,41,44H,6-10,20-22,25-26H2,1-5H3,(H,40,46)/t28?,38-/m1/s1. The molecule has 1 heterocycles. The zero-order chi connectivity index (χ0) is 37.2. The van der Waals surface area contributed by atoms with Crippen molar-refractivity contribution in [2.24, 2.45) is 5.92 Å². The number of carbonyl (C=O) groups is 3. The monoisotopic (exact) mass is 737 g/mol. The average molecular weight is 738 g/mol. The highest BCUT2D eigenvalue weighted by molar-refractivity contribution is 7.98. The number of sulfonamides is 1. The zero-order valence-corrected chi connectivity index (χ0v) is 31.9. The molecule has 0 saturated heterocycles. The largest absolute Gasteiger partial charge is 0.508 e. The first-order chi connectivity index (χ1) is 24.4. The van der Waals surface area contributed by atoms with E-state index in [1.165, 1.54) is 36.9 Å². The van der Waals surface area contributed by atoms with Gasteiger partial charge in [-0.2, -0.15) is 0 Å². The van der Waals surface area contributed by atoms with Crippen molar-refractivity contribution in [2.45, 2.75) is 100 Å². The first-order valence-corrected chi connectivity index (χ1v) is 20.4. The van der Waals surface area contributed by atoms with Gasteiger partial charge in [0.1, 0.15) is 28.2 Å². The number of fused-ring (bicyclic) bond motifs is 1. The number of nitrogens with one attached hydrogen (secondary N) is 2. The van der Waals surface area contributed by atoms with Gasteiger partial charge in [-0.15, -0.1) is 11.8 Å². The number of unbranched alkanes of at least 4 members (excludes halogenated alkanes) is 2. The van der Waals surface area contributed by atoms with Crippen LogP contribution in [0.3, 0.4) is 0 Å². The fourth-order valence-corrected chi connectivity index (χ4v) is 8.75. The van der Waals surface area contributed by atoms with Crippen LogP contribution in [-0.2, 0) is 24.4 Å². The summed E-state index contributed by atoms with van der Waals surface area (Å²) in [5.74, 6) is -1.32. The molecular weight excluding hydrogens is 687 g/mol. The number of anilines is 2. The molecule has 1 aliphatic heterocycles. The third-order valence-corrected chi connectivity index (χ3v) is 11.8. The van der Waals surface area contributed by atoms with Crippen LogP contribution in [0.5, 0.6) is 11.5 Å². The van der Waals surface area contributed by atoms with Crippen LogP contribution in [0.1, 0.15) is 90.7 Å². The summed E-state index contributed by atoms with van der Waals surface area (Å²) in [5.41, 5.74) is 1.15. The highest BCUT2D eigenvalue weighted by atomic mass is 32.2. The summed E-state index contributed by atoms with van der Waals surface area (Å²) in [6.07, 6.45) is 7.25. The molecule has 0 saturated carbocycles. The van der Waals surface area contributed by atoms with Crippen molar-refractivity contribution in [3.8, 4) is 11.5 Å². The molecule has 0 radical (unpaired) electrons. The number of aromatic hydroxyl groups is 1. The van der Waals surface area contributed by atoms with Gasteiger partial charge in [-0.25, -0.2) is 13.1 Å². The maximum absolute atomic E-state index is 14.3. The lowest BCUT2D eigenvalue weighted by Crippen LogP contribution is -2.53. The molecular formula is C39H51N3O7S2. The third-order valence-electron chi connectivity index (χ3n) is 9.45. The SMILES string of the molecule is CCCCC1(CCCC)CN(c2ccccc2)c2cc(SC)c(OCC(=O)N[C@@H](C(=O)CC(CC)C(C)=O)c3ccc(O)cc3)cc2S(=O)(=O)N1. The fourth-order valence-electron chi connectivity index (χ4n) is 6.54. The minimum absolute atomic E-state index is 0.00539. The van der Waals surface area contributed by atoms with Crippen LogP contribution in [0.15, 0.2) is 76.5 Å². The van der Waals surface area contributed by atoms with Crippen molar-refractivity contribution in [1.82, 2.24) is 10.0 Å². The number of phenols is 1. The van der Waals surface area contributed by atoms with Gasteiger partial charge in [0.15, 0.2) is 12.4 Å². The van der Waals surface area contributed by atoms with E-state index in [0.29, 0.717) is 42.0 Å². The molecule has 3 aromatic rings. The Labute approximate surface area is 306 Å². The fraction of sp³-hybridized carbons (Fsp3) is 0.462. The number of ether oxygens (including phenoxy) is 1. The quantitative estimate of drug-likeness (QED) is 0.113. The lowest BCUT2D eigenvalue weighted by molar-refractivity contribution is -0.131. The molecule has 0 spiro atoms. The van der Waals surface area contributed by atoms with E-state index >= 15 is 0 Å². The van der Waals surface area contributed by atoms with Crippen LogP contribution in [0, 0.1) is 5.92 Å². The molecule has 3 N–H and O–H groups in total. The van der Waals surface area contributed by atoms with Gasteiger partial charge in [-0.1, -0.05) is 76.8 Å². The van der Waals surface area contributed by atoms with Crippen molar-refractivity contribution in [3.63, 3.8) is 0 Å². The smallest absolute Gasteiger partial charge is 0.258 e. The Bertz CT molecular complexity index is 1760. The molecule has 3 aromatic carbocycles. The van der Waals surface area contributed by atoms with E-state index in [9.17, 15) is 27.9 Å². The zero-order valence-electron chi connectivity index (χ0n) is 30.2. The molecule has 1 aliphatic rings. The van der Waals surface area contributed by atoms with Gasteiger partial charge in [-0.3, -0.25) is 14.4 Å². The average Bonchev–Trinajstić information content (AvgIpc) is 3.21. The minimum Gasteiger partial charge on any atom is -0.508 e. The Kier molecular flexibility index (Phi) is 14.1. The van der Waals surface area contributed by atoms with Gasteiger partial charge in [0.2, 0.25) is 10.0 Å². The van der Waals surface area contributed by atoms with E-state index in [1.807, 2.05) is 49.6 Å². The number of thioether (sulfide) groups is 1. The second kappa shape index (κ2) is 18.1. The summed E-state index contributed by atoms with van der Waals surface area (Å²) in [5, 5.41) is 12.6. The van der Waals surface area contributed by atoms with Crippen molar-refractivity contribution < 1.29 is 32.6 Å². The number of hydrogen-bond acceptors (Lipinski definition) is 9. The predicted octanol–water partition coefficient (Wildman–Crippen LogP) is 7.47. The number of rotatable bonds is 18. The van der Waals surface area contributed by atoms with Gasteiger partial charge >= 0.3 is 0 Å². The maximum Gasteiger partial charge on any atom is 0.258 e. The molecule has 0 bridgehead atoms. The number of amides is 1. The number of benzene rings is 3. The van der Waals surface area contributed by atoms with E-state index < -0.39 is 40.0 Å². The van der Waals surface area contributed by atoms with Crippen molar-refractivity contribution in [3.05, 3.63) is 72.3 Å². The minimum atomic E-state index is -4.04. The van der Waals surface area contributed by atoms with Gasteiger partial charge in [0.25, 0.3) is 5.91 Å². The van der Waals surface area contributed by atoms with Crippen LogP contribution in [0.4, 0.5) is 11.4 Å². The summed E-state index contributed by atoms with van der Waals surface area (Å²) >= 11 is 1.37. The Hall–Kier alpha value is -3.87. The summed E-state index contributed by atoms with van der Waals surface area (Å²) in [6, 6.07) is 17.9. The highest BCUT2D eigenvalue weighted by Crippen LogP contribution is 2.44. The van der Waals surface area contributed by atoms with E-state index in [0.717, 1.165) is 31.4 Å². The lowest BCUT2D eigenvalue weighted by Gasteiger charge is -2.37. The molecule has 276 valence electrons. The molecule has 0 fully saturated rings. The number of phenolic OH excluding ortho intramolecular Hbond substituents is 1. The van der Waals surface area contributed by atoms with Crippen molar-refractivity contribution in [2.75, 3.05) is 24.3 Å². The van der Waals surface area contributed by atoms with E-state index in [4.69, 9.17) is 4.74 Å². The van der Waals surface area contributed by atoms with Crippen LogP contribution in [0.25, 0.3) is 0 Å². The number of nitrogens with zero attached hydrogens (tertiary/aromatic N) is 1. The van der Waals surface area contributed by atoms with Crippen molar-refractivity contribution >= 4 is 50.6 Å². The second-order valence-corrected chi connectivity index (χ2v) is 15.8. The summed E-state index contributed by atoms with van der Waals surface area (Å²) in [6.45, 7) is 7.43. The van der Waals surface area contributed by atoms with Crippen LogP contribution >= 0.6 is 11.8 Å². The maximum atomic E-state index is 14.3. The number of para-hydroxylation sites is 1. The van der Waals surface area contributed by atoms with Crippen LogP contribution < -0.4 is 19.7 Å². The Balaban J connectivity index is 1.68. The van der Waals surface area contributed by atoms with E-state index in [1.54, 1.807) is 12.1 Å². The van der Waals surface area contributed by atoms with Crippen LogP contribution in [-0.4, -0.2) is 55.9 Å². The molecule has 2 atom stereocenters. The normalized spacial score (nSPS) is 16.0. The number of carbonyl (C=O) groups excluding carboxylic acids is 3. The first-order valence-electron chi connectivity index (χ1n) is 17.7. The summed E-state index contributed by atoms with van der Waals surface area (Å²) < 4.78 is 37.8. The van der Waals surface area contributed by atoms with E-state index in [2.05, 4.69) is 28.8 Å². The first kappa shape index (κ1) is 39.9.